The first-order chi connectivity index (χ1) is 10.3. The van der Waals surface area contributed by atoms with Crippen LogP contribution in [0.4, 0.5) is 5.69 Å². The maximum absolute atomic E-state index is 6.01. The largest absolute Gasteiger partial charge is 0.383 e. The molecule has 1 heterocycles. The third kappa shape index (κ3) is 4.48. The summed E-state index contributed by atoms with van der Waals surface area (Å²) in [7, 11) is 0. The minimum Gasteiger partial charge on any atom is -0.383 e. The fraction of sp³-hybridized carbons (Fsp3) is 0.471. The first kappa shape index (κ1) is 17.3. The molecule has 2 aromatic rings. The second kappa shape index (κ2) is 8.56. The quantitative estimate of drug-likeness (QED) is 0.779. The summed E-state index contributed by atoms with van der Waals surface area (Å²) >= 11 is 6.01. The van der Waals surface area contributed by atoms with Gasteiger partial charge < -0.3 is 10.6 Å². The molecular formula is C17H23Cl2N3. The fourth-order valence-electron chi connectivity index (χ4n) is 3.06. The van der Waals surface area contributed by atoms with Gasteiger partial charge in [-0.05, 0) is 37.1 Å². The summed E-state index contributed by atoms with van der Waals surface area (Å²) in [4.78, 5) is 4.36. The van der Waals surface area contributed by atoms with Gasteiger partial charge in [0.05, 0.1) is 5.52 Å². The Bertz CT molecular complexity index is 597. The summed E-state index contributed by atoms with van der Waals surface area (Å²) < 4.78 is 0. The number of hydrogen-bond acceptors (Lipinski definition) is 3. The fourth-order valence-corrected chi connectivity index (χ4v) is 3.22. The number of nitrogens with one attached hydrogen (secondary N) is 2. The highest BCUT2D eigenvalue weighted by molar-refractivity contribution is 6.31. The molecule has 1 saturated carbocycles. The first-order valence-electron chi connectivity index (χ1n) is 7.84. The van der Waals surface area contributed by atoms with E-state index in [-0.39, 0.29) is 12.4 Å². The van der Waals surface area contributed by atoms with Gasteiger partial charge in [0.15, 0.2) is 0 Å². The van der Waals surface area contributed by atoms with Gasteiger partial charge in [-0.3, -0.25) is 4.98 Å². The van der Waals surface area contributed by atoms with Crippen LogP contribution in [0.3, 0.4) is 0 Å². The molecule has 0 saturated heterocycles. The van der Waals surface area contributed by atoms with Gasteiger partial charge in [-0.1, -0.05) is 30.9 Å². The van der Waals surface area contributed by atoms with E-state index < -0.39 is 0 Å². The van der Waals surface area contributed by atoms with Gasteiger partial charge >= 0.3 is 0 Å². The van der Waals surface area contributed by atoms with Gasteiger partial charge in [0, 0.05) is 41.4 Å². The standard InChI is InChI=1S/C17H22ClN3.ClH/c18-13-6-7-15-16(8-9-20-17(15)12-13)21-11-10-19-14-4-2-1-3-5-14;/h6-9,12,14,19H,1-5,10-11H2,(H,20,21);1H. The lowest BCUT2D eigenvalue weighted by Gasteiger charge is -2.23. The molecule has 0 bridgehead atoms. The molecule has 0 unspecified atom stereocenters. The SMILES string of the molecule is Cl.Clc1ccc2c(NCCNC3CCCCC3)ccnc2c1. The van der Waals surface area contributed by atoms with E-state index in [0.717, 1.165) is 34.7 Å². The second-order valence-corrected chi connectivity index (χ2v) is 6.17. The van der Waals surface area contributed by atoms with Crippen molar-refractivity contribution in [3.8, 4) is 0 Å². The van der Waals surface area contributed by atoms with Crippen LogP contribution in [0.15, 0.2) is 30.5 Å². The molecule has 0 aliphatic heterocycles. The molecule has 2 N–H and O–H groups in total. The minimum atomic E-state index is 0. The molecule has 1 aliphatic carbocycles. The molecule has 0 amide bonds. The number of rotatable bonds is 5. The van der Waals surface area contributed by atoms with Gasteiger partial charge in [0.2, 0.25) is 0 Å². The van der Waals surface area contributed by atoms with Crippen LogP contribution in [-0.2, 0) is 0 Å². The van der Waals surface area contributed by atoms with Crippen molar-refractivity contribution in [3.63, 3.8) is 0 Å². The van der Waals surface area contributed by atoms with Crippen LogP contribution in [0.1, 0.15) is 32.1 Å². The van der Waals surface area contributed by atoms with Crippen molar-refractivity contribution in [1.29, 1.82) is 0 Å². The van der Waals surface area contributed by atoms with Crippen molar-refractivity contribution in [1.82, 2.24) is 10.3 Å². The number of fused-ring (bicyclic) bond motifs is 1. The van der Waals surface area contributed by atoms with Crippen LogP contribution < -0.4 is 10.6 Å². The second-order valence-electron chi connectivity index (χ2n) is 5.74. The minimum absolute atomic E-state index is 0. The van der Waals surface area contributed by atoms with Gasteiger partial charge in [-0.2, -0.15) is 0 Å². The summed E-state index contributed by atoms with van der Waals surface area (Å²) in [5.74, 6) is 0. The summed E-state index contributed by atoms with van der Waals surface area (Å²) in [5, 5.41) is 9.00. The molecular weight excluding hydrogens is 317 g/mol. The lowest BCUT2D eigenvalue weighted by Crippen LogP contribution is -2.34. The van der Waals surface area contributed by atoms with Crippen molar-refractivity contribution < 1.29 is 0 Å². The molecule has 5 heteroatoms. The number of aromatic nitrogens is 1. The summed E-state index contributed by atoms with van der Waals surface area (Å²) in [6.07, 6.45) is 8.65. The van der Waals surface area contributed by atoms with Crippen LogP contribution >= 0.6 is 24.0 Å². The third-order valence-corrected chi connectivity index (χ3v) is 4.42. The Labute approximate surface area is 143 Å². The van der Waals surface area contributed by atoms with Crippen LogP contribution in [0.2, 0.25) is 5.02 Å². The zero-order chi connectivity index (χ0) is 14.5. The number of pyridine rings is 1. The van der Waals surface area contributed by atoms with Crippen molar-refractivity contribution in [2.24, 2.45) is 0 Å². The van der Waals surface area contributed by atoms with Gasteiger partial charge in [-0.25, -0.2) is 0 Å². The number of benzene rings is 1. The first-order valence-corrected chi connectivity index (χ1v) is 8.22. The van der Waals surface area contributed by atoms with Crippen molar-refractivity contribution in [3.05, 3.63) is 35.5 Å². The van der Waals surface area contributed by atoms with Gasteiger partial charge in [-0.15, -0.1) is 12.4 Å². The van der Waals surface area contributed by atoms with Gasteiger partial charge in [0.1, 0.15) is 0 Å². The summed E-state index contributed by atoms with van der Waals surface area (Å²) in [5.41, 5.74) is 2.06. The molecule has 1 aliphatic rings. The third-order valence-electron chi connectivity index (χ3n) is 4.18. The van der Waals surface area contributed by atoms with E-state index in [9.17, 15) is 0 Å². The Balaban J connectivity index is 0.00000176. The van der Waals surface area contributed by atoms with E-state index in [1.165, 1.54) is 32.1 Å². The lowest BCUT2D eigenvalue weighted by atomic mass is 9.95. The Morgan fingerprint density at radius 2 is 1.91 bits per heavy atom. The molecule has 22 heavy (non-hydrogen) atoms. The molecule has 1 fully saturated rings. The molecule has 1 aromatic heterocycles. The molecule has 0 atom stereocenters. The number of hydrogen-bond donors (Lipinski definition) is 2. The normalized spacial score (nSPS) is 15.5. The molecule has 0 radical (unpaired) electrons. The average Bonchev–Trinajstić information content (AvgIpc) is 2.52. The van der Waals surface area contributed by atoms with E-state index in [4.69, 9.17) is 11.6 Å². The monoisotopic (exact) mass is 339 g/mol. The zero-order valence-electron chi connectivity index (χ0n) is 12.6. The van der Waals surface area contributed by atoms with Crippen molar-refractivity contribution in [2.75, 3.05) is 18.4 Å². The molecule has 3 rings (SSSR count). The van der Waals surface area contributed by atoms with Crippen molar-refractivity contribution >= 4 is 40.6 Å². The Morgan fingerprint density at radius 3 is 2.73 bits per heavy atom. The van der Waals surface area contributed by atoms with E-state index in [1.807, 2.05) is 30.5 Å². The van der Waals surface area contributed by atoms with Crippen LogP contribution in [0, 0.1) is 0 Å². The zero-order valence-corrected chi connectivity index (χ0v) is 14.2. The Morgan fingerprint density at radius 1 is 1.09 bits per heavy atom. The van der Waals surface area contributed by atoms with Crippen molar-refractivity contribution in [2.45, 2.75) is 38.1 Å². The Kier molecular flexibility index (Phi) is 6.74. The smallest absolute Gasteiger partial charge is 0.0737 e. The van der Waals surface area contributed by atoms with Crippen LogP contribution in [-0.4, -0.2) is 24.1 Å². The van der Waals surface area contributed by atoms with Crippen LogP contribution in [0.5, 0.6) is 0 Å². The highest BCUT2D eigenvalue weighted by atomic mass is 35.5. The molecule has 1 aromatic carbocycles. The number of halogens is 2. The van der Waals surface area contributed by atoms with E-state index >= 15 is 0 Å². The predicted octanol–water partition coefficient (Wildman–Crippen LogP) is 4.64. The maximum Gasteiger partial charge on any atom is 0.0737 e. The topological polar surface area (TPSA) is 37.0 Å². The number of anilines is 1. The maximum atomic E-state index is 6.01. The van der Waals surface area contributed by atoms with E-state index in [2.05, 4.69) is 15.6 Å². The van der Waals surface area contributed by atoms with E-state index in [0.29, 0.717) is 6.04 Å². The Hall–Kier alpha value is -1.03. The average molecular weight is 340 g/mol. The summed E-state index contributed by atoms with van der Waals surface area (Å²) in [6, 6.07) is 8.59. The molecule has 120 valence electrons. The van der Waals surface area contributed by atoms with E-state index in [1.54, 1.807) is 0 Å². The lowest BCUT2D eigenvalue weighted by molar-refractivity contribution is 0.378. The highest BCUT2D eigenvalue weighted by Crippen LogP contribution is 2.24. The summed E-state index contributed by atoms with van der Waals surface area (Å²) in [6.45, 7) is 1.93. The highest BCUT2D eigenvalue weighted by Gasteiger charge is 2.11. The molecule has 0 spiro atoms. The van der Waals surface area contributed by atoms with Crippen LogP contribution in [0.25, 0.3) is 10.9 Å². The van der Waals surface area contributed by atoms with Gasteiger partial charge in [0.25, 0.3) is 0 Å². The molecule has 3 nitrogen and oxygen atoms in total. The number of nitrogens with zero attached hydrogens (tertiary/aromatic N) is 1. The predicted molar refractivity (Wildman–Crippen MR) is 97.4 cm³/mol.